The van der Waals surface area contributed by atoms with Crippen molar-refractivity contribution in [3.63, 3.8) is 0 Å². The zero-order chi connectivity index (χ0) is 32.3. The third-order valence-corrected chi connectivity index (χ3v) is 10.6. The summed E-state index contributed by atoms with van der Waals surface area (Å²) in [5.74, 6) is -1.45. The quantitative estimate of drug-likeness (QED) is 0.252. The third-order valence-electron chi connectivity index (χ3n) is 9.61. The standard InChI is InChI=1S/C33H31F3N6O3S/c1-3-25(43)42-12-9-24(17(42)2)45-31-21-6-5-20(19-7-8-23(35)29-26(19)22(14-37)30(38)46-29)27(36)28(21)39-32(40-31)44-16-33-10-4-11-41(33)15-18(34)13-33/h3,5-8,17-18,24H,1,4,9-13,15-16,38H2,2H3. The van der Waals surface area contributed by atoms with E-state index in [1.54, 1.807) is 11.0 Å². The number of rotatable bonds is 7. The number of halogens is 3. The van der Waals surface area contributed by atoms with Crippen molar-refractivity contribution in [1.82, 2.24) is 19.8 Å². The lowest BCUT2D eigenvalue weighted by molar-refractivity contribution is -0.127. The molecule has 238 valence electrons. The number of nitrogens with zero attached hydrogens (tertiary/aromatic N) is 5. The first-order valence-corrected chi connectivity index (χ1v) is 16.0. The summed E-state index contributed by atoms with van der Waals surface area (Å²) in [6, 6.07) is 7.33. The second-order valence-electron chi connectivity index (χ2n) is 12.2. The summed E-state index contributed by atoms with van der Waals surface area (Å²) < 4.78 is 58.5. The first-order valence-electron chi connectivity index (χ1n) is 15.2. The van der Waals surface area contributed by atoms with Crippen LogP contribution in [-0.2, 0) is 4.79 Å². The zero-order valence-corrected chi connectivity index (χ0v) is 25.9. The predicted octanol–water partition coefficient (Wildman–Crippen LogP) is 5.75. The molecule has 5 heterocycles. The van der Waals surface area contributed by atoms with Gasteiger partial charge in [0.05, 0.1) is 27.2 Å². The highest BCUT2D eigenvalue weighted by Gasteiger charge is 2.49. The molecule has 3 aliphatic rings. The molecule has 4 aromatic rings. The molecule has 3 aliphatic heterocycles. The van der Waals surface area contributed by atoms with Crippen LogP contribution in [0.5, 0.6) is 11.9 Å². The molecule has 0 bridgehead atoms. The van der Waals surface area contributed by atoms with E-state index in [1.807, 2.05) is 13.0 Å². The maximum Gasteiger partial charge on any atom is 0.320 e. The molecule has 7 rings (SSSR count). The highest BCUT2D eigenvalue weighted by Crippen LogP contribution is 2.44. The monoisotopic (exact) mass is 648 g/mol. The molecule has 9 nitrogen and oxygen atoms in total. The highest BCUT2D eigenvalue weighted by molar-refractivity contribution is 7.23. The molecule has 3 saturated heterocycles. The van der Waals surface area contributed by atoms with Crippen molar-refractivity contribution in [2.75, 3.05) is 32.0 Å². The van der Waals surface area contributed by atoms with Crippen LogP contribution in [0, 0.1) is 23.0 Å². The first-order chi connectivity index (χ1) is 22.1. The molecule has 46 heavy (non-hydrogen) atoms. The van der Waals surface area contributed by atoms with E-state index in [4.69, 9.17) is 15.2 Å². The van der Waals surface area contributed by atoms with Gasteiger partial charge in [0.25, 0.3) is 0 Å². The number of carbonyl (C=O) groups is 1. The van der Waals surface area contributed by atoms with Crippen molar-refractivity contribution >= 4 is 43.2 Å². The fourth-order valence-corrected chi connectivity index (χ4v) is 8.24. The van der Waals surface area contributed by atoms with Gasteiger partial charge < -0.3 is 20.1 Å². The van der Waals surface area contributed by atoms with Crippen LogP contribution in [0.1, 0.15) is 38.2 Å². The second-order valence-corrected chi connectivity index (χ2v) is 13.2. The maximum absolute atomic E-state index is 16.7. The summed E-state index contributed by atoms with van der Waals surface area (Å²) in [5.41, 5.74) is 5.88. The molecule has 3 fully saturated rings. The molecule has 2 aromatic carbocycles. The average Bonchev–Trinajstić information content (AvgIpc) is 3.78. The molecule has 0 saturated carbocycles. The number of thiophene rings is 1. The summed E-state index contributed by atoms with van der Waals surface area (Å²) >= 11 is 0.928. The van der Waals surface area contributed by atoms with Crippen molar-refractivity contribution in [3.05, 3.63) is 54.1 Å². The van der Waals surface area contributed by atoms with E-state index in [9.17, 15) is 18.8 Å². The van der Waals surface area contributed by atoms with E-state index < -0.39 is 29.4 Å². The Hall–Kier alpha value is -4.41. The van der Waals surface area contributed by atoms with Gasteiger partial charge in [-0.15, -0.1) is 11.3 Å². The van der Waals surface area contributed by atoms with Crippen molar-refractivity contribution < 1.29 is 27.4 Å². The molecular formula is C33H31F3N6O3S. The minimum absolute atomic E-state index is 0.0710. The number of hydrogen-bond donors (Lipinski definition) is 1. The van der Waals surface area contributed by atoms with Gasteiger partial charge in [0.15, 0.2) is 5.82 Å². The smallest absolute Gasteiger partial charge is 0.320 e. The minimum atomic E-state index is -0.956. The lowest BCUT2D eigenvalue weighted by Crippen LogP contribution is -2.43. The van der Waals surface area contributed by atoms with Crippen LogP contribution in [0.15, 0.2) is 36.9 Å². The van der Waals surface area contributed by atoms with E-state index in [1.165, 1.54) is 24.3 Å². The van der Waals surface area contributed by atoms with Gasteiger partial charge in [-0.05, 0) is 50.1 Å². The van der Waals surface area contributed by atoms with Crippen molar-refractivity contribution in [1.29, 1.82) is 5.26 Å². The summed E-state index contributed by atoms with van der Waals surface area (Å²) in [4.78, 5) is 25.1. The van der Waals surface area contributed by atoms with E-state index in [-0.39, 0.29) is 73.1 Å². The number of fused-ring (bicyclic) bond motifs is 3. The number of likely N-dealkylation sites (tertiary alicyclic amines) is 1. The fraction of sp³-hybridized carbons (Fsp3) is 0.394. The number of hydrogen-bond acceptors (Lipinski definition) is 9. The van der Waals surface area contributed by atoms with Crippen molar-refractivity contribution in [3.8, 4) is 29.1 Å². The number of nitrogen functional groups attached to an aromatic ring is 1. The Balaban J connectivity index is 1.33. The average molecular weight is 649 g/mol. The topological polar surface area (TPSA) is 118 Å². The van der Waals surface area contributed by atoms with Gasteiger partial charge >= 0.3 is 6.01 Å². The molecule has 4 atom stereocenters. The van der Waals surface area contributed by atoms with Crippen molar-refractivity contribution in [2.45, 2.75) is 56.5 Å². The molecule has 1 amide bonds. The lowest BCUT2D eigenvalue weighted by atomic mass is 9.95. The highest BCUT2D eigenvalue weighted by atomic mass is 32.1. The number of nitriles is 1. The van der Waals surface area contributed by atoms with Crippen LogP contribution >= 0.6 is 11.3 Å². The largest absolute Gasteiger partial charge is 0.471 e. The maximum atomic E-state index is 16.7. The number of anilines is 1. The molecule has 13 heteroatoms. The van der Waals surface area contributed by atoms with Gasteiger partial charge in [-0.2, -0.15) is 15.2 Å². The minimum Gasteiger partial charge on any atom is -0.471 e. The van der Waals surface area contributed by atoms with Crippen molar-refractivity contribution in [2.24, 2.45) is 0 Å². The van der Waals surface area contributed by atoms with Gasteiger partial charge in [0.1, 0.15) is 41.3 Å². The fourth-order valence-electron chi connectivity index (χ4n) is 7.29. The number of carbonyl (C=O) groups excluding carboxylic acids is 1. The Labute approximate surface area is 267 Å². The third kappa shape index (κ3) is 4.82. The van der Waals surface area contributed by atoms with E-state index in [0.29, 0.717) is 25.9 Å². The van der Waals surface area contributed by atoms with Gasteiger partial charge in [-0.1, -0.05) is 18.7 Å². The van der Waals surface area contributed by atoms with Crippen LogP contribution in [0.4, 0.5) is 18.2 Å². The van der Waals surface area contributed by atoms with Crippen LogP contribution in [0.25, 0.3) is 32.1 Å². The molecular weight excluding hydrogens is 617 g/mol. The SMILES string of the molecule is C=CC(=O)N1CCC(Oc2nc(OCC34CCCN3CC(F)C4)nc3c(F)c(-c4ccc(F)c5sc(N)c(C#N)c45)ccc23)C1C. The number of ether oxygens (including phenoxy) is 2. The molecule has 2 aromatic heterocycles. The van der Waals surface area contributed by atoms with Gasteiger partial charge in [0, 0.05) is 36.9 Å². The molecule has 2 N–H and O–H groups in total. The van der Waals surface area contributed by atoms with Gasteiger partial charge in [-0.25, -0.2) is 13.2 Å². The van der Waals surface area contributed by atoms with Crippen LogP contribution in [-0.4, -0.2) is 75.8 Å². The molecule has 4 unspecified atom stereocenters. The normalized spacial score (nSPS) is 24.4. The molecule has 0 aliphatic carbocycles. The summed E-state index contributed by atoms with van der Waals surface area (Å²) in [7, 11) is 0. The molecule has 0 radical (unpaired) electrons. The lowest BCUT2D eigenvalue weighted by Gasteiger charge is -2.30. The Bertz CT molecular complexity index is 1950. The summed E-state index contributed by atoms with van der Waals surface area (Å²) in [6.07, 6.45) is 2.38. The van der Waals surface area contributed by atoms with Crippen LogP contribution in [0.2, 0.25) is 0 Å². The number of nitrogens with two attached hydrogens (primary N) is 1. The first kappa shape index (κ1) is 30.3. The van der Waals surface area contributed by atoms with E-state index in [0.717, 1.165) is 30.7 Å². The van der Waals surface area contributed by atoms with Crippen LogP contribution in [0.3, 0.4) is 0 Å². The summed E-state index contributed by atoms with van der Waals surface area (Å²) in [6.45, 7) is 7.14. The Kier molecular flexibility index (Phi) is 7.52. The second kappa shape index (κ2) is 11.4. The Morgan fingerprint density at radius 2 is 2.07 bits per heavy atom. The molecule has 0 spiro atoms. The number of amides is 1. The van der Waals surface area contributed by atoms with E-state index >= 15 is 4.39 Å². The van der Waals surface area contributed by atoms with E-state index in [2.05, 4.69) is 21.4 Å². The Morgan fingerprint density at radius 3 is 2.85 bits per heavy atom. The Morgan fingerprint density at radius 1 is 1.26 bits per heavy atom. The van der Waals surface area contributed by atoms with Gasteiger partial charge in [0.2, 0.25) is 11.8 Å². The zero-order valence-electron chi connectivity index (χ0n) is 25.1. The predicted molar refractivity (Wildman–Crippen MR) is 168 cm³/mol. The number of benzene rings is 2. The number of aromatic nitrogens is 2. The number of alkyl halides is 1. The summed E-state index contributed by atoms with van der Waals surface area (Å²) in [5, 5.41) is 10.4. The van der Waals surface area contributed by atoms with Gasteiger partial charge in [-0.3, -0.25) is 9.69 Å². The van der Waals surface area contributed by atoms with Crippen LogP contribution < -0.4 is 15.2 Å².